The minimum Gasteiger partial charge on any atom is -0.487 e. The molecular formula is C24H18ClN5OS. The summed E-state index contributed by atoms with van der Waals surface area (Å²) in [6.45, 7) is 0.469. The molecule has 0 fully saturated rings. The SMILES string of the molecule is Clc1cc(Nc2ncnc3sc4c(c23)CCc2n[nH]cc2-4)ccc1OCc1ccccc1. The van der Waals surface area contributed by atoms with Crippen LogP contribution in [0.25, 0.3) is 20.7 Å². The van der Waals surface area contributed by atoms with E-state index in [0.717, 1.165) is 45.8 Å². The second-order valence-corrected chi connectivity index (χ2v) is 9.01. The number of hydrogen-bond donors (Lipinski definition) is 2. The molecule has 0 bridgehead atoms. The molecule has 2 N–H and O–H groups in total. The van der Waals surface area contributed by atoms with Gasteiger partial charge in [0.15, 0.2) is 0 Å². The van der Waals surface area contributed by atoms with Gasteiger partial charge in [0.25, 0.3) is 0 Å². The van der Waals surface area contributed by atoms with E-state index < -0.39 is 0 Å². The van der Waals surface area contributed by atoms with E-state index in [1.54, 1.807) is 17.7 Å². The Bertz CT molecular complexity index is 1430. The molecule has 0 unspecified atom stereocenters. The fourth-order valence-corrected chi connectivity index (χ4v) is 5.52. The molecule has 0 amide bonds. The van der Waals surface area contributed by atoms with Crippen molar-refractivity contribution in [3.05, 3.63) is 82.9 Å². The van der Waals surface area contributed by atoms with Crippen molar-refractivity contribution < 1.29 is 4.74 Å². The summed E-state index contributed by atoms with van der Waals surface area (Å²) in [6.07, 6.45) is 5.40. The van der Waals surface area contributed by atoms with Gasteiger partial charge in [-0.3, -0.25) is 5.10 Å². The highest BCUT2D eigenvalue weighted by molar-refractivity contribution is 7.22. The van der Waals surface area contributed by atoms with Gasteiger partial charge in [-0.1, -0.05) is 41.9 Å². The second-order valence-electron chi connectivity index (χ2n) is 7.60. The Morgan fingerprint density at radius 1 is 1.09 bits per heavy atom. The van der Waals surface area contributed by atoms with Crippen LogP contribution in [0.5, 0.6) is 5.75 Å². The van der Waals surface area contributed by atoms with Crippen molar-refractivity contribution in [3.63, 3.8) is 0 Å². The molecule has 6 rings (SSSR count). The van der Waals surface area contributed by atoms with Crippen molar-refractivity contribution in [3.8, 4) is 16.2 Å². The van der Waals surface area contributed by atoms with Gasteiger partial charge in [-0.2, -0.15) is 5.10 Å². The van der Waals surface area contributed by atoms with E-state index in [2.05, 4.69) is 25.5 Å². The lowest BCUT2D eigenvalue weighted by Crippen LogP contribution is -2.02. The van der Waals surface area contributed by atoms with E-state index in [4.69, 9.17) is 16.3 Å². The number of aryl methyl sites for hydroxylation is 2. The number of thiophene rings is 1. The van der Waals surface area contributed by atoms with Crippen LogP contribution in [0.15, 0.2) is 61.1 Å². The summed E-state index contributed by atoms with van der Waals surface area (Å²) >= 11 is 8.20. The van der Waals surface area contributed by atoms with Crippen molar-refractivity contribution in [2.45, 2.75) is 19.4 Å². The van der Waals surface area contributed by atoms with Gasteiger partial charge in [0.05, 0.1) is 16.1 Å². The minimum absolute atomic E-state index is 0.469. The number of nitrogens with zero attached hydrogens (tertiary/aromatic N) is 3. The van der Waals surface area contributed by atoms with Crippen molar-refractivity contribution in [1.82, 2.24) is 20.2 Å². The van der Waals surface area contributed by atoms with Gasteiger partial charge in [-0.15, -0.1) is 11.3 Å². The summed E-state index contributed by atoms with van der Waals surface area (Å²) < 4.78 is 5.89. The highest BCUT2D eigenvalue weighted by Crippen LogP contribution is 2.44. The molecule has 158 valence electrons. The van der Waals surface area contributed by atoms with Gasteiger partial charge in [0.2, 0.25) is 0 Å². The van der Waals surface area contributed by atoms with Crippen LogP contribution in [-0.2, 0) is 19.4 Å². The van der Waals surface area contributed by atoms with Crippen LogP contribution < -0.4 is 10.1 Å². The number of nitrogens with one attached hydrogen (secondary N) is 2. The Kier molecular flexibility index (Phi) is 4.78. The van der Waals surface area contributed by atoms with Crippen LogP contribution in [0.1, 0.15) is 16.8 Å². The molecule has 0 radical (unpaired) electrons. The molecule has 0 spiro atoms. The summed E-state index contributed by atoms with van der Waals surface area (Å²) in [5.41, 5.74) is 5.50. The van der Waals surface area contributed by atoms with Crippen LogP contribution in [0, 0.1) is 0 Å². The van der Waals surface area contributed by atoms with E-state index in [0.29, 0.717) is 17.4 Å². The van der Waals surface area contributed by atoms with Gasteiger partial charge in [-0.05, 0) is 42.2 Å². The molecule has 8 heteroatoms. The van der Waals surface area contributed by atoms with Gasteiger partial charge in [0.1, 0.15) is 29.3 Å². The number of rotatable bonds is 5. The molecule has 1 aliphatic carbocycles. The number of anilines is 2. The average molecular weight is 460 g/mol. The Balaban J connectivity index is 1.29. The molecule has 32 heavy (non-hydrogen) atoms. The standard InChI is InChI=1S/C24H18ClN5OS/c25-18-10-15(6-9-20(18)31-12-14-4-2-1-3-5-14)29-23-21-16-7-8-19-17(11-28-30-19)22(16)32-24(21)27-13-26-23/h1-6,9-11,13H,7-8,12H2,(H,28,30)(H,26,27,29). The number of hydrogen-bond acceptors (Lipinski definition) is 6. The molecule has 1 aliphatic rings. The molecular weight excluding hydrogens is 442 g/mol. The minimum atomic E-state index is 0.469. The first-order chi connectivity index (χ1) is 15.8. The summed E-state index contributed by atoms with van der Waals surface area (Å²) in [7, 11) is 0. The van der Waals surface area contributed by atoms with E-state index in [-0.39, 0.29) is 0 Å². The number of benzene rings is 2. The van der Waals surface area contributed by atoms with E-state index >= 15 is 0 Å². The van der Waals surface area contributed by atoms with Gasteiger partial charge in [0, 0.05) is 22.3 Å². The predicted octanol–water partition coefficient (Wildman–Crippen LogP) is 6.16. The summed E-state index contributed by atoms with van der Waals surface area (Å²) in [4.78, 5) is 11.3. The highest BCUT2D eigenvalue weighted by Gasteiger charge is 2.25. The van der Waals surface area contributed by atoms with E-state index in [1.807, 2.05) is 54.7 Å². The lowest BCUT2D eigenvalue weighted by molar-refractivity contribution is 0.306. The van der Waals surface area contributed by atoms with Crippen LogP contribution in [0.4, 0.5) is 11.5 Å². The summed E-state index contributed by atoms with van der Waals surface area (Å²) in [6, 6.07) is 15.7. The number of halogens is 1. The second kappa shape index (κ2) is 7.93. The van der Waals surface area contributed by atoms with Gasteiger partial charge < -0.3 is 10.1 Å². The van der Waals surface area contributed by atoms with E-state index in [1.165, 1.54) is 16.0 Å². The van der Waals surface area contributed by atoms with Crippen molar-refractivity contribution in [2.24, 2.45) is 0 Å². The molecule has 5 aromatic rings. The fraction of sp³-hybridized carbons (Fsp3) is 0.125. The van der Waals surface area contributed by atoms with Crippen LogP contribution in [-0.4, -0.2) is 20.2 Å². The number of aromatic nitrogens is 4. The monoisotopic (exact) mass is 459 g/mol. The molecule has 0 aliphatic heterocycles. The van der Waals surface area contributed by atoms with Crippen LogP contribution in [0.2, 0.25) is 5.02 Å². The molecule has 0 saturated heterocycles. The third-order valence-corrected chi connectivity index (χ3v) is 7.06. The Morgan fingerprint density at radius 2 is 2.00 bits per heavy atom. The zero-order chi connectivity index (χ0) is 21.5. The predicted molar refractivity (Wildman–Crippen MR) is 128 cm³/mol. The van der Waals surface area contributed by atoms with Crippen molar-refractivity contribution >= 4 is 44.7 Å². The largest absolute Gasteiger partial charge is 0.487 e. The summed E-state index contributed by atoms with van der Waals surface area (Å²) in [5.74, 6) is 1.43. The normalized spacial score (nSPS) is 12.4. The molecule has 6 nitrogen and oxygen atoms in total. The van der Waals surface area contributed by atoms with Crippen LogP contribution in [0.3, 0.4) is 0 Å². The number of H-pyrrole nitrogens is 1. The van der Waals surface area contributed by atoms with Crippen molar-refractivity contribution in [1.29, 1.82) is 0 Å². The maximum atomic E-state index is 6.51. The topological polar surface area (TPSA) is 75.7 Å². The first-order valence-electron chi connectivity index (χ1n) is 10.3. The third-order valence-electron chi connectivity index (χ3n) is 5.59. The zero-order valence-corrected chi connectivity index (χ0v) is 18.5. The summed E-state index contributed by atoms with van der Waals surface area (Å²) in [5, 5.41) is 12.4. The van der Waals surface area contributed by atoms with Gasteiger partial charge in [-0.25, -0.2) is 9.97 Å². The van der Waals surface area contributed by atoms with Crippen molar-refractivity contribution in [2.75, 3.05) is 5.32 Å². The highest BCUT2D eigenvalue weighted by atomic mass is 35.5. The Hall–Kier alpha value is -3.42. The lowest BCUT2D eigenvalue weighted by Gasteiger charge is -2.13. The smallest absolute Gasteiger partial charge is 0.142 e. The molecule has 3 heterocycles. The lowest BCUT2D eigenvalue weighted by atomic mass is 9.95. The fourth-order valence-electron chi connectivity index (χ4n) is 4.06. The van der Waals surface area contributed by atoms with Gasteiger partial charge >= 0.3 is 0 Å². The zero-order valence-electron chi connectivity index (χ0n) is 16.9. The molecule has 2 aromatic carbocycles. The molecule has 3 aromatic heterocycles. The number of ether oxygens (including phenoxy) is 1. The number of fused-ring (bicyclic) bond motifs is 5. The first kappa shape index (κ1) is 19.3. The Labute approximate surface area is 193 Å². The van der Waals surface area contributed by atoms with Crippen LogP contribution >= 0.6 is 22.9 Å². The third kappa shape index (κ3) is 3.39. The molecule has 0 atom stereocenters. The number of aromatic amines is 1. The Morgan fingerprint density at radius 3 is 2.88 bits per heavy atom. The maximum absolute atomic E-state index is 6.51. The average Bonchev–Trinajstić information content (AvgIpc) is 3.44. The quantitative estimate of drug-likeness (QED) is 0.329. The molecule has 0 saturated carbocycles. The first-order valence-corrected chi connectivity index (χ1v) is 11.5. The van der Waals surface area contributed by atoms with E-state index in [9.17, 15) is 0 Å². The maximum Gasteiger partial charge on any atom is 0.142 e.